The van der Waals surface area contributed by atoms with Gasteiger partial charge in [-0.2, -0.15) is 0 Å². The molecule has 1 fully saturated rings. The molecule has 1 atom stereocenters. The summed E-state index contributed by atoms with van der Waals surface area (Å²) in [6.45, 7) is 3.38. The van der Waals surface area contributed by atoms with Crippen LogP contribution in [-0.4, -0.2) is 27.2 Å². The first-order chi connectivity index (χ1) is 14.9. The SMILES string of the molecule is CCOC(=O)c1cn(C2CC2)c2nc(-c3cc4c(s3)CCCC4O)c(F)c(C)c2c1=O. The van der Waals surface area contributed by atoms with Crippen LogP contribution in [0.3, 0.4) is 0 Å². The maximum Gasteiger partial charge on any atom is 0.343 e. The van der Waals surface area contributed by atoms with Gasteiger partial charge in [-0.05, 0) is 57.6 Å². The molecule has 0 aliphatic heterocycles. The average molecular weight is 443 g/mol. The molecule has 0 radical (unpaired) electrons. The highest BCUT2D eigenvalue weighted by atomic mass is 32.1. The molecule has 3 aromatic heterocycles. The van der Waals surface area contributed by atoms with Crippen molar-refractivity contribution in [1.82, 2.24) is 9.55 Å². The Bertz CT molecular complexity index is 1280. The number of hydrogen-bond donors (Lipinski definition) is 1. The van der Waals surface area contributed by atoms with E-state index in [0.717, 1.165) is 36.1 Å². The predicted octanol–water partition coefficient (Wildman–Crippen LogP) is 4.45. The van der Waals surface area contributed by atoms with Crippen LogP contribution in [-0.2, 0) is 11.2 Å². The second-order valence-electron chi connectivity index (χ2n) is 8.23. The summed E-state index contributed by atoms with van der Waals surface area (Å²) in [7, 11) is 0. The molecule has 1 saturated carbocycles. The molecule has 162 valence electrons. The van der Waals surface area contributed by atoms with Gasteiger partial charge in [-0.15, -0.1) is 11.3 Å². The van der Waals surface area contributed by atoms with Crippen LogP contribution in [0.5, 0.6) is 0 Å². The average Bonchev–Trinajstić information content (AvgIpc) is 3.49. The Morgan fingerprint density at radius 2 is 2.16 bits per heavy atom. The Morgan fingerprint density at radius 1 is 1.39 bits per heavy atom. The molecular weight excluding hydrogens is 419 g/mol. The summed E-state index contributed by atoms with van der Waals surface area (Å²) in [5, 5.41) is 10.4. The van der Waals surface area contributed by atoms with Crippen molar-refractivity contribution in [3.05, 3.63) is 49.9 Å². The van der Waals surface area contributed by atoms with Crippen LogP contribution in [0.2, 0.25) is 0 Å². The zero-order chi connectivity index (χ0) is 21.9. The van der Waals surface area contributed by atoms with Crippen LogP contribution in [0.4, 0.5) is 4.39 Å². The Labute approximate surface area is 182 Å². The molecule has 3 heterocycles. The van der Waals surface area contributed by atoms with Crippen LogP contribution in [0.25, 0.3) is 21.6 Å². The summed E-state index contributed by atoms with van der Waals surface area (Å²) in [5.74, 6) is -1.27. The number of aliphatic hydroxyl groups excluding tert-OH is 1. The Kier molecular flexibility index (Phi) is 4.94. The first kappa shape index (κ1) is 20.3. The molecule has 1 N–H and O–H groups in total. The van der Waals surface area contributed by atoms with E-state index in [-0.39, 0.29) is 34.9 Å². The van der Waals surface area contributed by atoms with Crippen molar-refractivity contribution < 1.29 is 19.0 Å². The number of ether oxygens (including phenoxy) is 1. The number of aromatic nitrogens is 2. The quantitative estimate of drug-likeness (QED) is 0.604. The second kappa shape index (κ2) is 7.53. The molecule has 0 bridgehead atoms. The summed E-state index contributed by atoms with van der Waals surface area (Å²) in [6.07, 6.45) is 5.26. The summed E-state index contributed by atoms with van der Waals surface area (Å²) < 4.78 is 22.4. The normalized spacial score (nSPS) is 18.3. The van der Waals surface area contributed by atoms with Gasteiger partial charge in [-0.1, -0.05) is 0 Å². The smallest absolute Gasteiger partial charge is 0.343 e. The number of thiophene rings is 1. The lowest BCUT2D eigenvalue weighted by atomic mass is 9.96. The number of esters is 1. The lowest BCUT2D eigenvalue weighted by Crippen LogP contribution is -2.22. The van der Waals surface area contributed by atoms with E-state index in [0.29, 0.717) is 16.9 Å². The van der Waals surface area contributed by atoms with Gasteiger partial charge in [0.1, 0.15) is 16.9 Å². The topological polar surface area (TPSA) is 81.4 Å². The Balaban J connectivity index is 1.76. The third kappa shape index (κ3) is 3.29. The molecule has 31 heavy (non-hydrogen) atoms. The van der Waals surface area contributed by atoms with Gasteiger partial charge < -0.3 is 14.4 Å². The van der Waals surface area contributed by atoms with Crippen LogP contribution >= 0.6 is 11.3 Å². The number of fused-ring (bicyclic) bond motifs is 2. The first-order valence-electron chi connectivity index (χ1n) is 10.6. The summed E-state index contributed by atoms with van der Waals surface area (Å²) in [5.41, 5.74) is 0.963. The molecule has 1 unspecified atom stereocenters. The maximum atomic E-state index is 15.5. The number of aliphatic hydroxyl groups is 1. The summed E-state index contributed by atoms with van der Waals surface area (Å²) in [6, 6.07) is 1.95. The van der Waals surface area contributed by atoms with Crippen LogP contribution in [0.1, 0.15) is 71.1 Å². The molecule has 2 aliphatic rings. The van der Waals surface area contributed by atoms with Crippen LogP contribution in [0.15, 0.2) is 17.1 Å². The number of aryl methyl sites for hydroxylation is 2. The van der Waals surface area contributed by atoms with E-state index in [1.807, 2.05) is 10.6 Å². The summed E-state index contributed by atoms with van der Waals surface area (Å²) >= 11 is 1.45. The minimum absolute atomic E-state index is 0.0898. The zero-order valence-corrected chi connectivity index (χ0v) is 18.2. The van der Waals surface area contributed by atoms with E-state index in [9.17, 15) is 14.7 Å². The molecule has 8 heteroatoms. The molecular formula is C23H23FN2O4S. The van der Waals surface area contributed by atoms with E-state index in [1.54, 1.807) is 13.8 Å². The van der Waals surface area contributed by atoms with E-state index in [4.69, 9.17) is 4.74 Å². The van der Waals surface area contributed by atoms with E-state index >= 15 is 4.39 Å². The second-order valence-corrected chi connectivity index (χ2v) is 9.36. The minimum atomic E-state index is -0.701. The molecule has 5 rings (SSSR count). The highest BCUT2D eigenvalue weighted by Gasteiger charge is 2.31. The lowest BCUT2D eigenvalue weighted by molar-refractivity contribution is 0.0524. The van der Waals surface area contributed by atoms with E-state index in [2.05, 4.69) is 4.98 Å². The number of carbonyl (C=O) groups is 1. The number of halogens is 1. The molecule has 0 aromatic carbocycles. The van der Waals surface area contributed by atoms with Gasteiger partial charge >= 0.3 is 5.97 Å². The highest BCUT2D eigenvalue weighted by molar-refractivity contribution is 7.15. The fourth-order valence-corrected chi connectivity index (χ4v) is 5.56. The number of rotatable bonds is 4. The highest BCUT2D eigenvalue weighted by Crippen LogP contribution is 2.42. The Morgan fingerprint density at radius 3 is 2.84 bits per heavy atom. The number of hydrogen-bond acceptors (Lipinski definition) is 6. The standard InChI is InChI=1S/C23H23FN2O4S/c1-3-30-23(29)14-10-26(12-7-8-12)22-18(21(14)28)11(2)19(24)20(25-22)17-9-13-15(27)5-4-6-16(13)31-17/h9-10,12,15,27H,3-8H2,1-2H3. The van der Waals surface area contributed by atoms with Gasteiger partial charge in [-0.25, -0.2) is 14.2 Å². The van der Waals surface area contributed by atoms with Gasteiger partial charge in [0, 0.05) is 22.7 Å². The number of nitrogens with zero attached hydrogens (tertiary/aromatic N) is 2. The number of carbonyl (C=O) groups excluding carboxylic acids is 1. The molecule has 3 aromatic rings. The van der Waals surface area contributed by atoms with Crippen molar-refractivity contribution in [2.75, 3.05) is 6.61 Å². The van der Waals surface area contributed by atoms with Crippen molar-refractivity contribution >= 4 is 28.3 Å². The molecule has 0 spiro atoms. The number of pyridine rings is 2. The Hall–Kier alpha value is -2.58. The van der Waals surface area contributed by atoms with Gasteiger partial charge in [0.15, 0.2) is 5.82 Å². The van der Waals surface area contributed by atoms with Crippen molar-refractivity contribution in [3.63, 3.8) is 0 Å². The molecule has 0 amide bonds. The predicted molar refractivity (Wildman–Crippen MR) is 116 cm³/mol. The monoisotopic (exact) mass is 442 g/mol. The third-order valence-corrected chi connectivity index (χ3v) is 7.31. The first-order valence-corrected chi connectivity index (χ1v) is 11.5. The fourth-order valence-electron chi connectivity index (χ4n) is 4.32. The summed E-state index contributed by atoms with van der Waals surface area (Å²) in [4.78, 5) is 31.8. The third-order valence-electron chi connectivity index (χ3n) is 6.09. The van der Waals surface area contributed by atoms with Gasteiger partial charge in [0.2, 0.25) is 5.43 Å². The van der Waals surface area contributed by atoms with Crippen LogP contribution < -0.4 is 5.43 Å². The van der Waals surface area contributed by atoms with E-state index < -0.39 is 23.3 Å². The minimum Gasteiger partial charge on any atom is -0.462 e. The maximum absolute atomic E-state index is 15.5. The van der Waals surface area contributed by atoms with Crippen molar-refractivity contribution in [3.8, 4) is 10.6 Å². The largest absolute Gasteiger partial charge is 0.462 e. The fraction of sp³-hybridized carbons (Fsp3) is 0.435. The molecule has 2 aliphatic carbocycles. The zero-order valence-electron chi connectivity index (χ0n) is 17.4. The molecule has 0 saturated heterocycles. The van der Waals surface area contributed by atoms with Gasteiger partial charge in [0.05, 0.1) is 23.0 Å². The lowest BCUT2D eigenvalue weighted by Gasteiger charge is -2.16. The van der Waals surface area contributed by atoms with Gasteiger partial charge in [-0.3, -0.25) is 4.79 Å². The van der Waals surface area contributed by atoms with Gasteiger partial charge in [0.25, 0.3) is 0 Å². The van der Waals surface area contributed by atoms with Crippen molar-refractivity contribution in [2.45, 2.75) is 58.1 Å². The molecule has 6 nitrogen and oxygen atoms in total. The van der Waals surface area contributed by atoms with Crippen molar-refractivity contribution in [1.29, 1.82) is 0 Å². The van der Waals surface area contributed by atoms with Crippen LogP contribution in [0, 0.1) is 12.7 Å². The van der Waals surface area contributed by atoms with Crippen molar-refractivity contribution in [2.24, 2.45) is 0 Å². The van der Waals surface area contributed by atoms with E-state index in [1.165, 1.54) is 17.5 Å².